The molecule has 0 bridgehead atoms. The van der Waals surface area contributed by atoms with Crippen molar-refractivity contribution < 1.29 is 13.3 Å². The Balaban J connectivity index is 1.91. The second-order valence-corrected chi connectivity index (χ2v) is 12.0. The summed E-state index contributed by atoms with van der Waals surface area (Å²) in [4.78, 5) is 6.85. The molecule has 1 aliphatic heterocycles. The van der Waals surface area contributed by atoms with Gasteiger partial charge in [0, 0.05) is 11.1 Å². The number of nitrogens with zero attached hydrogens (tertiary/aromatic N) is 1. The highest BCUT2D eigenvalue weighted by molar-refractivity contribution is 7.91. The molecule has 0 spiro atoms. The van der Waals surface area contributed by atoms with Crippen molar-refractivity contribution in [2.45, 2.75) is 107 Å². The molecular formula is C23H37NO3S. The molecular weight excluding hydrogens is 370 g/mol. The molecule has 1 aromatic carbocycles. The highest BCUT2D eigenvalue weighted by Crippen LogP contribution is 2.41. The van der Waals surface area contributed by atoms with Gasteiger partial charge in [0.2, 0.25) is 9.84 Å². The zero-order chi connectivity index (χ0) is 20.4. The normalized spacial score (nSPS) is 24.7. The molecule has 1 aliphatic carbocycles. The van der Waals surface area contributed by atoms with Gasteiger partial charge in [-0.1, -0.05) is 50.3 Å². The lowest BCUT2D eigenvalue weighted by Gasteiger charge is -2.52. The van der Waals surface area contributed by atoms with Crippen LogP contribution < -0.4 is 0 Å². The number of hydrogen-bond acceptors (Lipinski definition) is 4. The van der Waals surface area contributed by atoms with Crippen molar-refractivity contribution in [1.29, 1.82) is 0 Å². The number of rotatable bonds is 6. The van der Waals surface area contributed by atoms with Gasteiger partial charge >= 0.3 is 0 Å². The summed E-state index contributed by atoms with van der Waals surface area (Å²) >= 11 is 0. The maximum absolute atomic E-state index is 13.6. The third-order valence-corrected chi connectivity index (χ3v) is 8.47. The Morgan fingerprint density at radius 1 is 0.964 bits per heavy atom. The number of sulfone groups is 1. The van der Waals surface area contributed by atoms with E-state index in [0.717, 1.165) is 32.1 Å². The molecule has 0 N–H and O–H groups in total. The molecule has 3 rings (SSSR count). The van der Waals surface area contributed by atoms with Crippen molar-refractivity contribution in [3.8, 4) is 0 Å². The van der Waals surface area contributed by atoms with Gasteiger partial charge in [-0.05, 0) is 71.4 Å². The van der Waals surface area contributed by atoms with Crippen LogP contribution in [0.1, 0.15) is 85.5 Å². The fraction of sp³-hybridized carbons (Fsp3) is 0.739. The van der Waals surface area contributed by atoms with Crippen molar-refractivity contribution in [2.24, 2.45) is 5.92 Å². The fourth-order valence-corrected chi connectivity index (χ4v) is 6.63. The van der Waals surface area contributed by atoms with Crippen LogP contribution in [0.25, 0.3) is 0 Å². The van der Waals surface area contributed by atoms with Crippen LogP contribution in [0, 0.1) is 5.92 Å². The van der Waals surface area contributed by atoms with Gasteiger partial charge in [-0.3, -0.25) is 4.84 Å². The molecule has 158 valence electrons. The van der Waals surface area contributed by atoms with E-state index in [-0.39, 0.29) is 11.1 Å². The van der Waals surface area contributed by atoms with Gasteiger partial charge in [0.05, 0.1) is 4.90 Å². The maximum atomic E-state index is 13.6. The van der Waals surface area contributed by atoms with Crippen LogP contribution in [-0.4, -0.2) is 30.0 Å². The van der Waals surface area contributed by atoms with E-state index in [2.05, 4.69) is 27.7 Å². The topological polar surface area (TPSA) is 46.6 Å². The van der Waals surface area contributed by atoms with Gasteiger partial charge in [0.25, 0.3) is 0 Å². The van der Waals surface area contributed by atoms with Gasteiger partial charge in [0.15, 0.2) is 5.44 Å². The highest BCUT2D eigenvalue weighted by atomic mass is 32.2. The van der Waals surface area contributed by atoms with Crippen LogP contribution in [-0.2, 0) is 14.7 Å². The van der Waals surface area contributed by atoms with Crippen LogP contribution >= 0.6 is 0 Å². The van der Waals surface area contributed by atoms with Crippen LogP contribution in [0.5, 0.6) is 0 Å². The van der Waals surface area contributed by atoms with Crippen LogP contribution in [0.2, 0.25) is 0 Å². The predicted molar refractivity (Wildman–Crippen MR) is 114 cm³/mol. The monoisotopic (exact) mass is 407 g/mol. The summed E-state index contributed by atoms with van der Waals surface area (Å²) in [6.07, 6.45) is 9.62. The van der Waals surface area contributed by atoms with Crippen molar-refractivity contribution in [2.75, 3.05) is 0 Å². The molecule has 28 heavy (non-hydrogen) atoms. The van der Waals surface area contributed by atoms with E-state index in [1.54, 1.807) is 24.3 Å². The van der Waals surface area contributed by atoms with E-state index >= 15 is 0 Å². The summed E-state index contributed by atoms with van der Waals surface area (Å²) in [5.74, 6) is 0.424. The van der Waals surface area contributed by atoms with Crippen molar-refractivity contribution in [3.63, 3.8) is 0 Å². The second kappa shape index (κ2) is 8.45. The molecule has 1 unspecified atom stereocenters. The van der Waals surface area contributed by atoms with E-state index in [1.165, 1.54) is 19.3 Å². The summed E-state index contributed by atoms with van der Waals surface area (Å²) in [6.45, 7) is 8.67. The average molecular weight is 408 g/mol. The van der Waals surface area contributed by atoms with Crippen LogP contribution in [0.3, 0.4) is 0 Å². The quantitative estimate of drug-likeness (QED) is 0.604. The van der Waals surface area contributed by atoms with Gasteiger partial charge in [0.1, 0.15) is 0 Å². The Hall–Kier alpha value is -0.910. The molecule has 4 nitrogen and oxygen atoms in total. The van der Waals surface area contributed by atoms with E-state index in [0.29, 0.717) is 17.2 Å². The minimum atomic E-state index is -3.56. The third-order valence-electron chi connectivity index (χ3n) is 6.57. The minimum Gasteiger partial charge on any atom is -0.278 e. The Kier molecular flexibility index (Phi) is 6.58. The molecule has 1 saturated heterocycles. The predicted octanol–water partition coefficient (Wildman–Crippen LogP) is 5.73. The number of piperidine rings is 1. The van der Waals surface area contributed by atoms with Gasteiger partial charge in [-0.25, -0.2) is 8.42 Å². The minimum absolute atomic E-state index is 0.182. The lowest BCUT2D eigenvalue weighted by atomic mass is 9.82. The third kappa shape index (κ3) is 4.80. The molecule has 2 aliphatic rings. The first-order valence-corrected chi connectivity index (χ1v) is 12.4. The molecule has 1 saturated carbocycles. The highest BCUT2D eigenvalue weighted by Gasteiger charge is 2.46. The molecule has 1 atom stereocenters. The van der Waals surface area contributed by atoms with Crippen molar-refractivity contribution >= 4 is 9.84 Å². The Morgan fingerprint density at radius 3 is 2.11 bits per heavy atom. The molecule has 0 amide bonds. The Bertz CT molecular complexity index is 720. The molecule has 0 radical (unpaired) electrons. The maximum Gasteiger partial charge on any atom is 0.207 e. The Morgan fingerprint density at radius 2 is 1.54 bits per heavy atom. The first kappa shape index (κ1) is 21.8. The zero-order valence-electron chi connectivity index (χ0n) is 18.0. The van der Waals surface area contributed by atoms with E-state index < -0.39 is 15.3 Å². The van der Waals surface area contributed by atoms with Crippen molar-refractivity contribution in [1.82, 2.24) is 5.06 Å². The average Bonchev–Trinajstić information content (AvgIpc) is 2.65. The zero-order valence-corrected chi connectivity index (χ0v) is 18.8. The fourth-order valence-electron chi connectivity index (χ4n) is 5.06. The van der Waals surface area contributed by atoms with E-state index in [4.69, 9.17) is 4.84 Å². The Labute approximate surface area is 171 Å². The summed E-state index contributed by atoms with van der Waals surface area (Å²) in [5.41, 5.74) is -1.19. The molecule has 1 aromatic rings. The number of benzene rings is 1. The molecule has 5 heteroatoms. The SMILES string of the molecule is CC1(C)CCCC(C)(C)N1OC(CC1CCCCC1)S(=O)(=O)c1ccccc1. The first-order valence-electron chi connectivity index (χ1n) is 10.9. The lowest BCUT2D eigenvalue weighted by molar-refractivity contribution is -0.291. The van der Waals surface area contributed by atoms with E-state index in [1.807, 2.05) is 11.1 Å². The molecule has 2 fully saturated rings. The number of hydrogen-bond donors (Lipinski definition) is 0. The summed E-state index contributed by atoms with van der Waals surface area (Å²) < 4.78 is 27.1. The largest absolute Gasteiger partial charge is 0.278 e. The lowest BCUT2D eigenvalue weighted by Crippen LogP contribution is -2.60. The second-order valence-electron chi connectivity index (χ2n) is 9.91. The standard InChI is InChI=1S/C23H37NO3S/c1-22(2)16-11-17-23(3,4)24(22)27-21(18-19-12-7-5-8-13-19)28(25,26)20-14-9-6-10-15-20/h6,9-10,14-15,19,21H,5,7-8,11-13,16-18H2,1-4H3. The molecule has 1 heterocycles. The summed E-state index contributed by atoms with van der Waals surface area (Å²) in [6, 6.07) is 8.82. The van der Waals surface area contributed by atoms with Crippen LogP contribution in [0.15, 0.2) is 35.2 Å². The van der Waals surface area contributed by atoms with Gasteiger partial charge < -0.3 is 0 Å². The smallest absolute Gasteiger partial charge is 0.207 e. The van der Waals surface area contributed by atoms with Gasteiger partial charge in [-0.15, -0.1) is 0 Å². The molecule has 0 aromatic heterocycles. The van der Waals surface area contributed by atoms with Crippen LogP contribution in [0.4, 0.5) is 0 Å². The summed E-state index contributed by atoms with van der Waals surface area (Å²) in [7, 11) is -3.56. The number of hydroxylamine groups is 2. The van der Waals surface area contributed by atoms with Gasteiger partial charge in [-0.2, -0.15) is 5.06 Å². The first-order chi connectivity index (χ1) is 13.1. The van der Waals surface area contributed by atoms with Crippen molar-refractivity contribution in [3.05, 3.63) is 30.3 Å². The summed E-state index contributed by atoms with van der Waals surface area (Å²) in [5, 5.41) is 2.01. The van der Waals surface area contributed by atoms with E-state index in [9.17, 15) is 8.42 Å².